The standard InChI is InChI=1S/C18H24N6O2/c1-22-16(6-9-20-22)21-18(25)24-12-7-14(13-24)26-15-5-4-8-19-17(15)23-10-2-3-11-23/h4-6,8-9,14H,2-3,7,10-13H2,1H3,(H,21,25)/t14-/m0/s1. The minimum absolute atomic E-state index is 0.0159. The maximum Gasteiger partial charge on any atom is 0.323 e. The third-order valence-corrected chi connectivity index (χ3v) is 4.94. The summed E-state index contributed by atoms with van der Waals surface area (Å²) in [4.78, 5) is 21.0. The summed E-state index contributed by atoms with van der Waals surface area (Å²) in [5.41, 5.74) is 0. The Bertz CT molecular complexity index is 771. The molecule has 2 fully saturated rings. The summed E-state index contributed by atoms with van der Waals surface area (Å²) in [7, 11) is 1.80. The van der Waals surface area contributed by atoms with Gasteiger partial charge in [-0.05, 0) is 25.0 Å². The summed E-state index contributed by atoms with van der Waals surface area (Å²) in [6.45, 7) is 3.29. The lowest BCUT2D eigenvalue weighted by Gasteiger charge is -2.22. The second kappa shape index (κ2) is 7.23. The summed E-state index contributed by atoms with van der Waals surface area (Å²) in [6.07, 6.45) is 6.66. The Morgan fingerprint density at radius 2 is 2.08 bits per heavy atom. The number of nitrogens with zero attached hydrogens (tertiary/aromatic N) is 5. The van der Waals surface area contributed by atoms with Gasteiger partial charge in [0.05, 0.1) is 12.7 Å². The number of hydrogen-bond donors (Lipinski definition) is 1. The second-order valence-corrected chi connectivity index (χ2v) is 6.76. The van der Waals surface area contributed by atoms with Crippen molar-refractivity contribution in [1.29, 1.82) is 0 Å². The Labute approximate surface area is 152 Å². The first-order chi connectivity index (χ1) is 12.7. The van der Waals surface area contributed by atoms with E-state index >= 15 is 0 Å². The van der Waals surface area contributed by atoms with E-state index in [1.54, 1.807) is 28.9 Å². The summed E-state index contributed by atoms with van der Waals surface area (Å²) in [5, 5.41) is 6.95. The average Bonchev–Trinajstić information content (AvgIpc) is 3.39. The average molecular weight is 356 g/mol. The number of aromatic nitrogens is 3. The summed E-state index contributed by atoms with van der Waals surface area (Å²) >= 11 is 0. The lowest BCUT2D eigenvalue weighted by Crippen LogP contribution is -2.35. The van der Waals surface area contributed by atoms with Crippen LogP contribution in [0, 0.1) is 0 Å². The number of likely N-dealkylation sites (tertiary alicyclic amines) is 1. The number of rotatable bonds is 4. The molecule has 0 bridgehead atoms. The Hall–Kier alpha value is -2.77. The molecule has 0 saturated carbocycles. The molecular formula is C18H24N6O2. The van der Waals surface area contributed by atoms with Crippen molar-refractivity contribution in [3.63, 3.8) is 0 Å². The molecule has 2 aromatic heterocycles. The molecule has 0 radical (unpaired) electrons. The summed E-state index contributed by atoms with van der Waals surface area (Å²) in [6, 6.07) is 5.53. The Balaban J connectivity index is 1.37. The highest BCUT2D eigenvalue weighted by Gasteiger charge is 2.29. The normalized spacial score (nSPS) is 19.8. The van der Waals surface area contributed by atoms with Crippen LogP contribution in [0.5, 0.6) is 5.75 Å². The van der Waals surface area contributed by atoms with E-state index in [1.807, 2.05) is 18.3 Å². The van der Waals surface area contributed by atoms with Gasteiger partial charge in [0, 0.05) is 45.4 Å². The van der Waals surface area contributed by atoms with Crippen LogP contribution in [0.3, 0.4) is 0 Å². The van der Waals surface area contributed by atoms with Gasteiger partial charge < -0.3 is 14.5 Å². The first-order valence-corrected chi connectivity index (χ1v) is 9.11. The molecule has 4 rings (SSSR count). The van der Waals surface area contributed by atoms with Gasteiger partial charge in [0.15, 0.2) is 11.6 Å². The summed E-state index contributed by atoms with van der Waals surface area (Å²) in [5.74, 6) is 2.42. The van der Waals surface area contributed by atoms with Gasteiger partial charge in [0.25, 0.3) is 0 Å². The largest absolute Gasteiger partial charge is 0.485 e. The predicted octanol–water partition coefficient (Wildman–Crippen LogP) is 2.10. The van der Waals surface area contributed by atoms with E-state index in [9.17, 15) is 4.79 Å². The number of amides is 2. The van der Waals surface area contributed by atoms with Crippen molar-refractivity contribution in [3.05, 3.63) is 30.6 Å². The van der Waals surface area contributed by atoms with Gasteiger partial charge in [-0.1, -0.05) is 0 Å². The first-order valence-electron chi connectivity index (χ1n) is 9.11. The number of nitrogens with one attached hydrogen (secondary N) is 1. The third kappa shape index (κ3) is 3.44. The third-order valence-electron chi connectivity index (χ3n) is 4.94. The van der Waals surface area contributed by atoms with Gasteiger partial charge in [-0.15, -0.1) is 0 Å². The minimum atomic E-state index is -0.120. The van der Waals surface area contributed by atoms with Gasteiger partial charge in [0.1, 0.15) is 11.9 Å². The molecule has 2 amide bonds. The van der Waals surface area contributed by atoms with E-state index in [1.165, 1.54) is 12.8 Å². The lowest BCUT2D eigenvalue weighted by molar-refractivity contribution is 0.194. The van der Waals surface area contributed by atoms with Crippen LogP contribution in [-0.4, -0.2) is 58.0 Å². The van der Waals surface area contributed by atoms with Crippen molar-refractivity contribution >= 4 is 17.7 Å². The van der Waals surface area contributed by atoms with E-state index in [0.29, 0.717) is 18.9 Å². The van der Waals surface area contributed by atoms with E-state index in [-0.39, 0.29) is 12.1 Å². The van der Waals surface area contributed by atoms with Crippen LogP contribution in [-0.2, 0) is 7.05 Å². The highest BCUT2D eigenvalue weighted by atomic mass is 16.5. The fourth-order valence-electron chi connectivity index (χ4n) is 3.51. The molecule has 2 aliphatic heterocycles. The first kappa shape index (κ1) is 16.7. The van der Waals surface area contributed by atoms with Crippen LogP contribution < -0.4 is 15.0 Å². The minimum Gasteiger partial charge on any atom is -0.485 e. The van der Waals surface area contributed by atoms with Crippen LogP contribution in [0.2, 0.25) is 0 Å². The lowest BCUT2D eigenvalue weighted by atomic mass is 10.3. The van der Waals surface area contributed by atoms with Crippen LogP contribution in [0.15, 0.2) is 30.6 Å². The molecule has 0 aliphatic carbocycles. The number of urea groups is 1. The molecule has 8 heteroatoms. The highest BCUT2D eigenvalue weighted by molar-refractivity contribution is 5.88. The SMILES string of the molecule is Cn1nccc1NC(=O)N1CC[C@H](Oc2cccnc2N2CCCC2)C1. The van der Waals surface area contributed by atoms with E-state index < -0.39 is 0 Å². The summed E-state index contributed by atoms with van der Waals surface area (Å²) < 4.78 is 7.85. The van der Waals surface area contributed by atoms with Crippen LogP contribution >= 0.6 is 0 Å². The molecule has 1 N–H and O–H groups in total. The molecule has 2 saturated heterocycles. The molecule has 0 unspecified atom stereocenters. The van der Waals surface area contributed by atoms with Crippen molar-refractivity contribution in [2.75, 3.05) is 36.4 Å². The number of aryl methyl sites for hydroxylation is 1. The zero-order chi connectivity index (χ0) is 17.9. The van der Waals surface area contributed by atoms with E-state index in [2.05, 4.69) is 20.3 Å². The zero-order valence-corrected chi connectivity index (χ0v) is 15.0. The number of carbonyl (C=O) groups excluding carboxylic acids is 1. The number of pyridine rings is 1. The van der Waals surface area contributed by atoms with Crippen molar-refractivity contribution in [2.45, 2.75) is 25.4 Å². The molecule has 1 atom stereocenters. The quantitative estimate of drug-likeness (QED) is 0.908. The van der Waals surface area contributed by atoms with Crippen LogP contribution in [0.25, 0.3) is 0 Å². The molecule has 2 aromatic rings. The molecule has 26 heavy (non-hydrogen) atoms. The predicted molar refractivity (Wildman–Crippen MR) is 98.5 cm³/mol. The second-order valence-electron chi connectivity index (χ2n) is 6.76. The molecular weight excluding hydrogens is 332 g/mol. The maximum absolute atomic E-state index is 12.4. The molecule has 0 aromatic carbocycles. The topological polar surface area (TPSA) is 75.5 Å². The van der Waals surface area contributed by atoms with Crippen molar-refractivity contribution in [2.24, 2.45) is 7.05 Å². The number of anilines is 2. The molecule has 138 valence electrons. The number of hydrogen-bond acceptors (Lipinski definition) is 5. The van der Waals surface area contributed by atoms with Crippen molar-refractivity contribution in [1.82, 2.24) is 19.7 Å². The Morgan fingerprint density at radius 3 is 2.85 bits per heavy atom. The monoisotopic (exact) mass is 356 g/mol. The van der Waals surface area contributed by atoms with Gasteiger partial charge in [-0.2, -0.15) is 5.10 Å². The molecule has 2 aliphatic rings. The van der Waals surface area contributed by atoms with Crippen LogP contribution in [0.1, 0.15) is 19.3 Å². The number of ether oxygens (including phenoxy) is 1. The Morgan fingerprint density at radius 1 is 1.23 bits per heavy atom. The molecule has 8 nitrogen and oxygen atoms in total. The van der Waals surface area contributed by atoms with E-state index in [0.717, 1.165) is 31.1 Å². The van der Waals surface area contributed by atoms with Gasteiger partial charge in [-0.3, -0.25) is 10.00 Å². The van der Waals surface area contributed by atoms with Gasteiger partial charge >= 0.3 is 6.03 Å². The zero-order valence-electron chi connectivity index (χ0n) is 15.0. The number of carbonyl (C=O) groups is 1. The van der Waals surface area contributed by atoms with Crippen molar-refractivity contribution < 1.29 is 9.53 Å². The molecule has 4 heterocycles. The van der Waals surface area contributed by atoms with E-state index in [4.69, 9.17) is 4.74 Å². The fraction of sp³-hybridized carbons (Fsp3) is 0.500. The van der Waals surface area contributed by atoms with Gasteiger partial charge in [0.2, 0.25) is 0 Å². The van der Waals surface area contributed by atoms with Crippen LogP contribution in [0.4, 0.5) is 16.4 Å². The Kier molecular flexibility index (Phi) is 4.64. The highest BCUT2D eigenvalue weighted by Crippen LogP contribution is 2.30. The van der Waals surface area contributed by atoms with Gasteiger partial charge in [-0.25, -0.2) is 9.78 Å². The fourth-order valence-corrected chi connectivity index (χ4v) is 3.51. The smallest absolute Gasteiger partial charge is 0.323 e. The van der Waals surface area contributed by atoms with Crippen molar-refractivity contribution in [3.8, 4) is 5.75 Å². The molecule has 0 spiro atoms. The maximum atomic E-state index is 12.4.